The second-order valence-electron chi connectivity index (χ2n) is 17.3. The largest absolute Gasteiger partial charge is 0.398 e. The minimum atomic E-state index is 0.914. The van der Waals surface area contributed by atoms with Crippen LogP contribution in [0.5, 0.6) is 0 Å². The Morgan fingerprint density at radius 2 is 0.826 bits per heavy atom. The zero-order valence-electron chi connectivity index (χ0n) is 39.0. The average molecular weight is 960 g/mol. The van der Waals surface area contributed by atoms with Crippen molar-refractivity contribution in [3.8, 4) is 34.2 Å². The van der Waals surface area contributed by atoms with E-state index in [1.807, 2.05) is 50.2 Å². The molecule has 12 aromatic rings. The number of hydrogen-bond donors (Lipinski definition) is 2. The highest BCUT2D eigenvalue weighted by molar-refractivity contribution is 9.10. The van der Waals surface area contributed by atoms with Crippen LogP contribution < -0.4 is 11.1 Å². The number of para-hydroxylation sites is 8. The van der Waals surface area contributed by atoms with Crippen molar-refractivity contribution in [1.82, 2.24) is 19.1 Å². The van der Waals surface area contributed by atoms with Gasteiger partial charge in [-0.1, -0.05) is 146 Å². The van der Waals surface area contributed by atoms with E-state index in [1.54, 1.807) is 0 Å². The van der Waals surface area contributed by atoms with E-state index in [-0.39, 0.29) is 0 Å². The Hall–Kier alpha value is -8.26. The molecule has 0 amide bonds. The summed E-state index contributed by atoms with van der Waals surface area (Å²) in [7, 11) is 0. The lowest BCUT2D eigenvalue weighted by atomic mass is 10.1. The van der Waals surface area contributed by atoms with Crippen LogP contribution in [0.4, 0.5) is 17.1 Å². The molecular weight excluding hydrogens is 909 g/mol. The highest BCUT2D eigenvalue weighted by atomic mass is 79.9. The molecule has 4 aromatic heterocycles. The van der Waals surface area contributed by atoms with Crippen LogP contribution in [-0.2, 0) is 0 Å². The fourth-order valence-electron chi connectivity index (χ4n) is 9.01. The molecule has 0 atom stereocenters. The Morgan fingerprint density at radius 1 is 0.406 bits per heavy atom. The van der Waals surface area contributed by atoms with Crippen LogP contribution in [-0.4, -0.2) is 19.1 Å². The van der Waals surface area contributed by atoms with Gasteiger partial charge in [0.2, 0.25) is 0 Å². The molecule has 0 spiro atoms. The first-order chi connectivity index (χ1) is 33.7. The molecule has 0 saturated carbocycles. The SMILES string of the molecule is Brc1cccc2ccc(-c3cc4ccccc4n3-c3ccccc3)nc12.Cc1cccc(C)c1N.Cc1cccc(C)c1Nc1cccc2ccc(-c3cc4ccccc4n3-c3ccccc3)nc12. The van der Waals surface area contributed by atoms with Crippen molar-refractivity contribution in [3.05, 3.63) is 245 Å². The summed E-state index contributed by atoms with van der Waals surface area (Å²) >= 11 is 3.63. The molecule has 0 bridgehead atoms. The van der Waals surface area contributed by atoms with Gasteiger partial charge in [0.1, 0.15) is 0 Å². The van der Waals surface area contributed by atoms with E-state index in [0.717, 1.165) is 88.6 Å². The van der Waals surface area contributed by atoms with Gasteiger partial charge in [-0.3, -0.25) is 0 Å². The summed E-state index contributed by atoms with van der Waals surface area (Å²) in [5.41, 5.74) is 24.2. The third-order valence-corrected chi connectivity index (χ3v) is 13.3. The molecule has 0 unspecified atom stereocenters. The maximum Gasteiger partial charge on any atom is 0.0944 e. The number of nitrogen functional groups attached to an aromatic ring is 1. The van der Waals surface area contributed by atoms with Crippen LogP contribution in [0.2, 0.25) is 0 Å². The van der Waals surface area contributed by atoms with Crippen LogP contribution in [0.3, 0.4) is 0 Å². The predicted molar refractivity (Wildman–Crippen MR) is 295 cm³/mol. The molecule has 336 valence electrons. The molecule has 8 aromatic carbocycles. The lowest BCUT2D eigenvalue weighted by Gasteiger charge is -2.15. The Balaban J connectivity index is 0.000000139. The number of anilines is 3. The number of aromatic nitrogens is 4. The van der Waals surface area contributed by atoms with Gasteiger partial charge in [-0.05, 0) is 139 Å². The van der Waals surface area contributed by atoms with Gasteiger partial charge in [0.15, 0.2) is 0 Å². The van der Waals surface area contributed by atoms with Crippen molar-refractivity contribution in [2.75, 3.05) is 11.1 Å². The monoisotopic (exact) mass is 958 g/mol. The molecule has 69 heavy (non-hydrogen) atoms. The van der Waals surface area contributed by atoms with Gasteiger partial charge in [0.05, 0.1) is 50.5 Å². The second-order valence-corrected chi connectivity index (χ2v) is 18.2. The molecule has 0 saturated heterocycles. The highest BCUT2D eigenvalue weighted by Crippen LogP contribution is 2.36. The van der Waals surface area contributed by atoms with Crippen molar-refractivity contribution < 1.29 is 0 Å². The molecule has 4 heterocycles. The van der Waals surface area contributed by atoms with E-state index in [2.05, 4.69) is 226 Å². The van der Waals surface area contributed by atoms with Gasteiger partial charge in [0.25, 0.3) is 0 Å². The zero-order valence-corrected chi connectivity index (χ0v) is 40.6. The minimum Gasteiger partial charge on any atom is -0.398 e. The van der Waals surface area contributed by atoms with E-state index in [1.165, 1.54) is 32.9 Å². The van der Waals surface area contributed by atoms with Crippen molar-refractivity contribution in [2.24, 2.45) is 0 Å². The summed E-state index contributed by atoms with van der Waals surface area (Å²) in [6.07, 6.45) is 0. The number of pyridine rings is 2. The van der Waals surface area contributed by atoms with Gasteiger partial charge >= 0.3 is 0 Å². The molecule has 6 nitrogen and oxygen atoms in total. The number of rotatable bonds is 6. The van der Waals surface area contributed by atoms with E-state index in [0.29, 0.717) is 0 Å². The molecule has 7 heteroatoms. The topological polar surface area (TPSA) is 73.7 Å². The summed E-state index contributed by atoms with van der Waals surface area (Å²) in [4.78, 5) is 10.2. The van der Waals surface area contributed by atoms with Crippen LogP contribution in [0.25, 0.3) is 77.8 Å². The Labute approximate surface area is 411 Å². The predicted octanol–water partition coefficient (Wildman–Crippen LogP) is 16.7. The minimum absolute atomic E-state index is 0.914. The number of aryl methyl sites for hydroxylation is 4. The lowest BCUT2D eigenvalue weighted by Crippen LogP contribution is -2.00. The normalized spacial score (nSPS) is 11.0. The van der Waals surface area contributed by atoms with Crippen LogP contribution in [0.15, 0.2) is 223 Å². The van der Waals surface area contributed by atoms with E-state index < -0.39 is 0 Å². The first kappa shape index (κ1) is 44.6. The number of fused-ring (bicyclic) bond motifs is 4. The molecule has 0 fully saturated rings. The standard InChI is InChI=1S/C31H25N3.C23H15BrN2.C8H11N/c1-21-10-8-11-22(2)30(21)33-27-16-9-13-23-18-19-26(32-31(23)27)29-20-24-12-6-7-17-28(24)34(29)25-14-4-3-5-15-25;24-19-11-6-8-16-13-14-20(25-23(16)19)22-15-17-7-4-5-12-21(17)26(22)18-9-2-1-3-10-18;1-6-4-3-5-7(2)8(6)9/h3-20,33H,1-2H3;1-15H;3-5H,9H2,1-2H3. The number of benzene rings is 8. The summed E-state index contributed by atoms with van der Waals surface area (Å²) < 4.78 is 5.59. The van der Waals surface area contributed by atoms with E-state index >= 15 is 0 Å². The molecule has 0 radical (unpaired) electrons. The fraction of sp³-hybridized carbons (Fsp3) is 0.0645. The third-order valence-electron chi connectivity index (χ3n) is 12.6. The first-order valence-electron chi connectivity index (χ1n) is 23.1. The molecule has 3 N–H and O–H groups in total. The number of nitrogens with one attached hydrogen (secondary N) is 1. The van der Waals surface area contributed by atoms with Gasteiger partial charge < -0.3 is 20.2 Å². The summed E-state index contributed by atoms with van der Waals surface area (Å²) in [5.74, 6) is 0. The number of nitrogens with zero attached hydrogens (tertiary/aromatic N) is 4. The van der Waals surface area contributed by atoms with Gasteiger partial charge in [-0.15, -0.1) is 0 Å². The molecule has 0 aliphatic rings. The van der Waals surface area contributed by atoms with Crippen molar-refractivity contribution >= 4 is 76.6 Å². The third kappa shape index (κ3) is 9.12. The maximum absolute atomic E-state index is 5.68. The average Bonchev–Trinajstić information content (AvgIpc) is 3.97. The molecule has 0 aliphatic heterocycles. The quantitative estimate of drug-likeness (QED) is 0.163. The number of nitrogens with two attached hydrogens (primary N) is 1. The van der Waals surface area contributed by atoms with Gasteiger partial charge in [0, 0.05) is 48.8 Å². The zero-order chi connectivity index (χ0) is 47.4. The van der Waals surface area contributed by atoms with Crippen LogP contribution >= 0.6 is 15.9 Å². The van der Waals surface area contributed by atoms with Crippen molar-refractivity contribution in [1.29, 1.82) is 0 Å². The fourth-order valence-corrected chi connectivity index (χ4v) is 9.49. The van der Waals surface area contributed by atoms with Crippen molar-refractivity contribution in [2.45, 2.75) is 27.7 Å². The summed E-state index contributed by atoms with van der Waals surface area (Å²) in [6.45, 7) is 8.31. The summed E-state index contributed by atoms with van der Waals surface area (Å²) in [5, 5.41) is 8.32. The number of hydrogen-bond acceptors (Lipinski definition) is 4. The van der Waals surface area contributed by atoms with Gasteiger partial charge in [-0.2, -0.15) is 0 Å². The Kier molecular flexibility index (Phi) is 12.6. The van der Waals surface area contributed by atoms with E-state index in [9.17, 15) is 0 Å². The van der Waals surface area contributed by atoms with Gasteiger partial charge in [-0.25, -0.2) is 9.97 Å². The van der Waals surface area contributed by atoms with Crippen LogP contribution in [0, 0.1) is 27.7 Å². The maximum atomic E-state index is 5.68. The smallest absolute Gasteiger partial charge is 0.0944 e. The summed E-state index contributed by atoms with van der Waals surface area (Å²) in [6, 6.07) is 75.8. The van der Waals surface area contributed by atoms with Crippen molar-refractivity contribution in [3.63, 3.8) is 0 Å². The Morgan fingerprint density at radius 3 is 1.35 bits per heavy atom. The first-order valence-corrected chi connectivity index (χ1v) is 23.9. The molecular formula is C62H51BrN6. The molecule has 12 rings (SSSR count). The highest BCUT2D eigenvalue weighted by Gasteiger charge is 2.17. The lowest BCUT2D eigenvalue weighted by molar-refractivity contribution is 1.12. The Bertz CT molecular complexity index is 3740. The van der Waals surface area contributed by atoms with E-state index in [4.69, 9.17) is 15.7 Å². The molecule has 0 aliphatic carbocycles. The van der Waals surface area contributed by atoms with Crippen LogP contribution in [0.1, 0.15) is 22.3 Å². The number of halogens is 1. The second kappa shape index (κ2) is 19.5.